The first-order chi connectivity index (χ1) is 15.6. The first kappa shape index (κ1) is 20.7. The van der Waals surface area contributed by atoms with Crippen molar-refractivity contribution in [3.05, 3.63) is 59.1 Å². The maximum atomic E-state index is 14.4. The first-order valence-electron chi connectivity index (χ1n) is 9.74. The lowest BCUT2D eigenvalue weighted by molar-refractivity contribution is -0.125. The maximum Gasteiger partial charge on any atom is 0.209 e. The molecule has 5 rings (SSSR count). The number of fused-ring (bicyclic) bond motifs is 1. The minimum absolute atomic E-state index is 0.266. The second-order valence-corrected chi connectivity index (χ2v) is 8.46. The van der Waals surface area contributed by atoms with Gasteiger partial charge in [-0.15, -0.1) is 16.4 Å². The van der Waals surface area contributed by atoms with Crippen molar-refractivity contribution in [3.63, 3.8) is 0 Å². The highest BCUT2D eigenvalue weighted by atomic mass is 35.5. The summed E-state index contributed by atoms with van der Waals surface area (Å²) in [5.74, 6) is 0.580. The second-order valence-electron chi connectivity index (χ2n) is 7.05. The number of anilines is 2. The monoisotopic (exact) mass is 470 g/mol. The van der Waals surface area contributed by atoms with Gasteiger partial charge in [-0.2, -0.15) is 5.10 Å². The number of halogens is 2. The molecular formula is C21H16ClFN6O2S. The topological polar surface area (TPSA) is 93.1 Å². The third-order valence-electron chi connectivity index (χ3n) is 4.99. The van der Waals surface area contributed by atoms with Crippen molar-refractivity contribution in [2.24, 2.45) is 0 Å². The lowest BCUT2D eigenvalue weighted by atomic mass is 10.2. The van der Waals surface area contributed by atoms with Crippen LogP contribution in [0.5, 0.6) is 0 Å². The molecule has 8 nitrogen and oxygen atoms in total. The number of morpholine rings is 1. The summed E-state index contributed by atoms with van der Waals surface area (Å²) < 4.78 is 20.8. The van der Waals surface area contributed by atoms with E-state index < -0.39 is 5.82 Å². The number of hydrogen-bond acceptors (Lipinski definition) is 8. The largest absolute Gasteiger partial charge is 0.368 e. The van der Waals surface area contributed by atoms with Gasteiger partial charge in [-0.05, 0) is 30.3 Å². The zero-order valence-corrected chi connectivity index (χ0v) is 18.1. The van der Waals surface area contributed by atoms with E-state index in [9.17, 15) is 9.18 Å². The van der Waals surface area contributed by atoms with Crippen LogP contribution in [0, 0.1) is 5.82 Å². The van der Waals surface area contributed by atoms with Gasteiger partial charge in [0.25, 0.3) is 0 Å². The number of carbonyl (C=O) groups is 1. The molecular weight excluding hydrogens is 455 g/mol. The summed E-state index contributed by atoms with van der Waals surface area (Å²) in [5.41, 5.74) is 1.57. The van der Waals surface area contributed by atoms with Gasteiger partial charge in [0.15, 0.2) is 11.6 Å². The van der Waals surface area contributed by atoms with Crippen molar-refractivity contribution in [2.45, 2.75) is 6.10 Å². The molecule has 1 aliphatic rings. The molecule has 1 aromatic carbocycles. The third kappa shape index (κ3) is 3.99. The molecule has 4 heterocycles. The van der Waals surface area contributed by atoms with Crippen LogP contribution in [0.15, 0.2) is 42.6 Å². The van der Waals surface area contributed by atoms with Gasteiger partial charge in [-0.3, -0.25) is 4.79 Å². The molecule has 1 amide bonds. The molecule has 1 N–H and O–H groups in total. The fourth-order valence-corrected chi connectivity index (χ4v) is 4.77. The fourth-order valence-electron chi connectivity index (χ4n) is 3.40. The van der Waals surface area contributed by atoms with E-state index in [0.29, 0.717) is 52.6 Å². The van der Waals surface area contributed by atoms with Crippen LogP contribution in [-0.2, 0) is 9.53 Å². The molecule has 11 heteroatoms. The summed E-state index contributed by atoms with van der Waals surface area (Å²) in [4.78, 5) is 21.6. The number of nitrogens with zero attached hydrogens (tertiary/aromatic N) is 5. The molecule has 0 radical (unpaired) electrons. The molecule has 3 aromatic heterocycles. The Morgan fingerprint density at radius 1 is 1.25 bits per heavy atom. The van der Waals surface area contributed by atoms with E-state index in [0.717, 1.165) is 11.1 Å². The third-order valence-corrected chi connectivity index (χ3v) is 6.40. The summed E-state index contributed by atoms with van der Waals surface area (Å²) in [7, 11) is 0. The van der Waals surface area contributed by atoms with Gasteiger partial charge < -0.3 is 15.0 Å². The molecule has 1 aliphatic heterocycles. The average Bonchev–Trinajstić information content (AvgIpc) is 3.24. The highest BCUT2D eigenvalue weighted by Crippen LogP contribution is 2.38. The van der Waals surface area contributed by atoms with Crippen molar-refractivity contribution < 1.29 is 13.9 Å². The van der Waals surface area contributed by atoms with Crippen LogP contribution in [0.2, 0.25) is 5.02 Å². The predicted molar refractivity (Wildman–Crippen MR) is 119 cm³/mol. The first-order valence-corrected chi connectivity index (χ1v) is 10.9. The van der Waals surface area contributed by atoms with Gasteiger partial charge in [0.1, 0.15) is 16.9 Å². The SMILES string of the molecule is O=CN1CCOC(c2ccc(Nc3nccc4nc(-c5c(F)cccc5Cl)sc34)nn2)C1. The summed E-state index contributed by atoms with van der Waals surface area (Å²) in [6.07, 6.45) is 2.11. The Labute approximate surface area is 191 Å². The Morgan fingerprint density at radius 3 is 2.94 bits per heavy atom. The molecule has 1 atom stereocenters. The van der Waals surface area contributed by atoms with Gasteiger partial charge in [0, 0.05) is 12.7 Å². The summed E-state index contributed by atoms with van der Waals surface area (Å²) >= 11 is 7.49. The number of aromatic nitrogens is 4. The Balaban J connectivity index is 1.41. The zero-order valence-electron chi connectivity index (χ0n) is 16.5. The zero-order chi connectivity index (χ0) is 22.1. The van der Waals surface area contributed by atoms with Crippen LogP contribution in [0.25, 0.3) is 20.8 Å². The number of benzene rings is 1. The molecule has 0 aliphatic carbocycles. The van der Waals surface area contributed by atoms with Crippen LogP contribution in [-0.4, -0.2) is 51.2 Å². The highest BCUT2D eigenvalue weighted by molar-refractivity contribution is 7.22. The van der Waals surface area contributed by atoms with E-state index in [2.05, 4.69) is 25.5 Å². The number of carbonyl (C=O) groups excluding carboxylic acids is 1. The van der Waals surface area contributed by atoms with Gasteiger partial charge in [-0.25, -0.2) is 14.4 Å². The minimum Gasteiger partial charge on any atom is -0.368 e. The molecule has 32 heavy (non-hydrogen) atoms. The Morgan fingerprint density at radius 2 is 2.16 bits per heavy atom. The van der Waals surface area contributed by atoms with Crippen molar-refractivity contribution in [1.29, 1.82) is 0 Å². The second kappa shape index (κ2) is 8.73. The number of hydrogen-bond donors (Lipinski definition) is 1. The lowest BCUT2D eigenvalue weighted by Crippen LogP contribution is -2.37. The fraction of sp³-hybridized carbons (Fsp3) is 0.190. The summed E-state index contributed by atoms with van der Waals surface area (Å²) in [6, 6.07) is 9.86. The minimum atomic E-state index is -0.432. The van der Waals surface area contributed by atoms with Gasteiger partial charge in [0.2, 0.25) is 6.41 Å². The van der Waals surface area contributed by atoms with E-state index in [-0.39, 0.29) is 11.7 Å². The molecule has 1 fully saturated rings. The van der Waals surface area contributed by atoms with E-state index in [1.54, 1.807) is 41.4 Å². The predicted octanol–water partition coefficient (Wildman–Crippen LogP) is 4.21. The number of nitrogens with one attached hydrogen (secondary N) is 1. The van der Waals surface area contributed by atoms with E-state index in [1.165, 1.54) is 17.4 Å². The van der Waals surface area contributed by atoms with Gasteiger partial charge in [0.05, 0.1) is 39.6 Å². The van der Waals surface area contributed by atoms with Crippen LogP contribution in [0.3, 0.4) is 0 Å². The van der Waals surface area contributed by atoms with Crippen LogP contribution < -0.4 is 5.32 Å². The smallest absolute Gasteiger partial charge is 0.209 e. The Kier molecular flexibility index (Phi) is 5.64. The number of ether oxygens (including phenoxy) is 1. The number of rotatable bonds is 5. The van der Waals surface area contributed by atoms with Crippen LogP contribution >= 0.6 is 22.9 Å². The van der Waals surface area contributed by atoms with Crippen molar-refractivity contribution in [2.75, 3.05) is 25.0 Å². The normalized spacial score (nSPS) is 16.3. The lowest BCUT2D eigenvalue weighted by Gasteiger charge is -2.29. The highest BCUT2D eigenvalue weighted by Gasteiger charge is 2.22. The van der Waals surface area contributed by atoms with E-state index in [4.69, 9.17) is 16.3 Å². The molecule has 4 aromatic rings. The van der Waals surface area contributed by atoms with Crippen LogP contribution in [0.4, 0.5) is 16.0 Å². The molecule has 162 valence electrons. The standard InChI is InChI=1S/C21H16ClFN6O2S/c22-12-2-1-3-13(23)18(12)21-25-15-6-7-24-20(19(15)32-21)26-17-5-4-14(27-28-17)16-10-29(11-30)8-9-31-16/h1-7,11,16H,8-10H2,(H,24,26,28). The summed E-state index contributed by atoms with van der Waals surface area (Å²) in [5, 5.41) is 12.4. The van der Waals surface area contributed by atoms with E-state index in [1.807, 2.05) is 0 Å². The Hall–Kier alpha value is -3.21. The number of amides is 1. The number of pyridine rings is 1. The van der Waals surface area contributed by atoms with Gasteiger partial charge in [-0.1, -0.05) is 17.7 Å². The van der Waals surface area contributed by atoms with Gasteiger partial charge >= 0.3 is 0 Å². The van der Waals surface area contributed by atoms with E-state index >= 15 is 0 Å². The average molecular weight is 471 g/mol. The molecule has 0 bridgehead atoms. The molecule has 1 saturated heterocycles. The summed E-state index contributed by atoms with van der Waals surface area (Å²) in [6.45, 7) is 1.46. The molecule has 1 unspecified atom stereocenters. The number of thiazole rings is 1. The van der Waals surface area contributed by atoms with Crippen LogP contribution in [0.1, 0.15) is 11.8 Å². The molecule has 0 spiro atoms. The van der Waals surface area contributed by atoms with Crippen molar-refractivity contribution in [1.82, 2.24) is 25.1 Å². The van der Waals surface area contributed by atoms with Crippen molar-refractivity contribution >= 4 is 51.2 Å². The quantitative estimate of drug-likeness (QED) is 0.436. The molecule has 0 saturated carbocycles. The van der Waals surface area contributed by atoms with Crippen molar-refractivity contribution in [3.8, 4) is 10.6 Å². The Bertz CT molecular complexity index is 1270. The maximum absolute atomic E-state index is 14.4.